The molecule has 0 atom stereocenters. The van der Waals surface area contributed by atoms with Gasteiger partial charge in [0.15, 0.2) is 5.60 Å². The molecule has 118 valence electrons. The Bertz CT molecular complexity index is 463. The third-order valence-corrected chi connectivity index (χ3v) is 2.72. The largest absolute Gasteiger partial charge is 0.478 e. The average molecular weight is 305 g/mol. The molecule has 1 aromatic rings. The Morgan fingerprint density at radius 1 is 1.33 bits per heavy atom. The van der Waals surface area contributed by atoms with Gasteiger partial charge in [-0.25, -0.2) is 13.2 Å². The van der Waals surface area contributed by atoms with E-state index in [-0.39, 0.29) is 12.3 Å². The lowest BCUT2D eigenvalue weighted by molar-refractivity contribution is -0.148. The topological polar surface area (TPSA) is 49.8 Å². The molecule has 0 aliphatic carbocycles. The van der Waals surface area contributed by atoms with E-state index in [9.17, 15) is 18.0 Å². The molecule has 21 heavy (non-hydrogen) atoms. The summed E-state index contributed by atoms with van der Waals surface area (Å²) < 4.78 is 43.2. The predicted molar refractivity (Wildman–Crippen MR) is 70.8 cm³/mol. The molecule has 0 radical (unpaired) electrons. The number of hydrogen-bond donors (Lipinski definition) is 1. The van der Waals surface area contributed by atoms with E-state index in [4.69, 9.17) is 9.84 Å². The molecule has 7 heteroatoms. The highest BCUT2D eigenvalue weighted by Gasteiger charge is 2.35. The van der Waals surface area contributed by atoms with E-state index >= 15 is 0 Å². The van der Waals surface area contributed by atoms with Gasteiger partial charge in [0.25, 0.3) is 12.3 Å². The second-order valence-electron chi connectivity index (χ2n) is 4.93. The number of halogens is 3. The van der Waals surface area contributed by atoms with E-state index in [2.05, 4.69) is 0 Å². The first kappa shape index (κ1) is 17.3. The van der Waals surface area contributed by atoms with Gasteiger partial charge < -0.3 is 14.7 Å². The summed E-state index contributed by atoms with van der Waals surface area (Å²) >= 11 is 0. The Balaban J connectivity index is 2.82. The third-order valence-electron chi connectivity index (χ3n) is 2.72. The zero-order valence-electron chi connectivity index (χ0n) is 11.9. The molecule has 0 aromatic heterocycles. The Labute approximate surface area is 121 Å². The molecular formula is C14H18F3NO3. The van der Waals surface area contributed by atoms with E-state index in [1.807, 2.05) is 0 Å². The second kappa shape index (κ2) is 7.31. The number of aliphatic hydroxyl groups is 1. The molecule has 0 aliphatic heterocycles. The van der Waals surface area contributed by atoms with E-state index in [1.165, 1.54) is 38.1 Å². The number of alkyl halides is 2. The standard InChI is InChI=1S/C14H18F3NO3/c1-14(2,21-11-5-3-10(15)4-6-11)13(20)18(7-8-19)9-12(16)17/h3-6,12,19H,7-9H2,1-2H3. The van der Waals surface area contributed by atoms with Gasteiger partial charge in [0, 0.05) is 6.54 Å². The summed E-state index contributed by atoms with van der Waals surface area (Å²) in [7, 11) is 0. The fraction of sp³-hybridized carbons (Fsp3) is 0.500. The van der Waals surface area contributed by atoms with Crippen molar-refractivity contribution in [3.05, 3.63) is 30.1 Å². The zero-order chi connectivity index (χ0) is 16.0. The van der Waals surface area contributed by atoms with E-state index in [1.54, 1.807) is 0 Å². The molecular weight excluding hydrogens is 287 g/mol. The molecule has 4 nitrogen and oxygen atoms in total. The first-order valence-corrected chi connectivity index (χ1v) is 6.39. The minimum Gasteiger partial charge on any atom is -0.478 e. The Morgan fingerprint density at radius 3 is 2.38 bits per heavy atom. The van der Waals surface area contributed by atoms with Crippen LogP contribution in [-0.2, 0) is 4.79 Å². The first-order valence-electron chi connectivity index (χ1n) is 6.39. The lowest BCUT2D eigenvalue weighted by atomic mass is 10.1. The summed E-state index contributed by atoms with van der Waals surface area (Å²) in [6.07, 6.45) is -2.71. The van der Waals surface area contributed by atoms with Crippen molar-refractivity contribution in [2.24, 2.45) is 0 Å². The molecule has 1 N–H and O–H groups in total. The SMILES string of the molecule is CC(C)(Oc1ccc(F)cc1)C(=O)N(CCO)CC(F)F. The van der Waals surface area contributed by atoms with Crippen LogP contribution in [0.5, 0.6) is 5.75 Å². The first-order chi connectivity index (χ1) is 9.76. The van der Waals surface area contributed by atoms with Gasteiger partial charge in [-0.15, -0.1) is 0 Å². The third kappa shape index (κ3) is 5.26. The number of aliphatic hydroxyl groups excluding tert-OH is 1. The number of carbonyl (C=O) groups is 1. The summed E-state index contributed by atoms with van der Waals surface area (Å²) in [6, 6.07) is 5.02. The van der Waals surface area contributed by atoms with Crippen molar-refractivity contribution in [2.45, 2.75) is 25.9 Å². The molecule has 1 amide bonds. The Hall–Kier alpha value is -1.76. The lowest BCUT2D eigenvalue weighted by Crippen LogP contribution is -2.51. The van der Waals surface area contributed by atoms with Crippen LogP contribution in [0.4, 0.5) is 13.2 Å². The van der Waals surface area contributed by atoms with Crippen LogP contribution in [0.2, 0.25) is 0 Å². The number of benzene rings is 1. The molecule has 0 saturated carbocycles. The monoisotopic (exact) mass is 305 g/mol. The van der Waals surface area contributed by atoms with Crippen molar-refractivity contribution >= 4 is 5.91 Å². The highest BCUT2D eigenvalue weighted by Crippen LogP contribution is 2.21. The molecule has 0 saturated heterocycles. The molecule has 0 bridgehead atoms. The maximum atomic E-state index is 12.8. The highest BCUT2D eigenvalue weighted by molar-refractivity contribution is 5.84. The number of nitrogens with zero attached hydrogens (tertiary/aromatic N) is 1. The van der Waals surface area contributed by atoms with Crippen molar-refractivity contribution in [2.75, 3.05) is 19.7 Å². The fourth-order valence-corrected chi connectivity index (χ4v) is 1.78. The van der Waals surface area contributed by atoms with Crippen molar-refractivity contribution in [1.82, 2.24) is 4.90 Å². The fourth-order valence-electron chi connectivity index (χ4n) is 1.78. The van der Waals surface area contributed by atoms with Crippen LogP contribution < -0.4 is 4.74 Å². The highest BCUT2D eigenvalue weighted by atomic mass is 19.3. The van der Waals surface area contributed by atoms with Crippen LogP contribution in [0.25, 0.3) is 0 Å². The second-order valence-corrected chi connectivity index (χ2v) is 4.93. The summed E-state index contributed by atoms with van der Waals surface area (Å²) in [4.78, 5) is 13.1. The quantitative estimate of drug-likeness (QED) is 0.839. The number of ether oxygens (including phenoxy) is 1. The van der Waals surface area contributed by atoms with Gasteiger partial charge in [-0.3, -0.25) is 4.79 Å². The minimum atomic E-state index is -2.71. The van der Waals surface area contributed by atoms with Crippen molar-refractivity contribution in [3.8, 4) is 5.75 Å². The maximum absolute atomic E-state index is 12.8. The van der Waals surface area contributed by atoms with E-state index < -0.39 is 36.9 Å². The summed E-state index contributed by atoms with van der Waals surface area (Å²) in [5, 5.41) is 8.86. The van der Waals surface area contributed by atoms with Gasteiger partial charge >= 0.3 is 0 Å². The summed E-state index contributed by atoms with van der Waals surface area (Å²) in [6.45, 7) is 1.43. The van der Waals surface area contributed by atoms with Crippen molar-refractivity contribution < 1.29 is 27.8 Å². The smallest absolute Gasteiger partial charge is 0.266 e. The van der Waals surface area contributed by atoms with Crippen LogP contribution in [0.3, 0.4) is 0 Å². The van der Waals surface area contributed by atoms with Crippen LogP contribution in [0.1, 0.15) is 13.8 Å². The Kier molecular flexibility index (Phi) is 6.02. The van der Waals surface area contributed by atoms with Crippen molar-refractivity contribution in [1.29, 1.82) is 0 Å². The maximum Gasteiger partial charge on any atom is 0.266 e. The lowest BCUT2D eigenvalue weighted by Gasteiger charge is -2.32. The van der Waals surface area contributed by atoms with Gasteiger partial charge in [-0.1, -0.05) is 0 Å². The Morgan fingerprint density at radius 2 is 1.90 bits per heavy atom. The van der Waals surface area contributed by atoms with Gasteiger partial charge in [-0.05, 0) is 38.1 Å². The molecule has 0 fully saturated rings. The zero-order valence-corrected chi connectivity index (χ0v) is 11.9. The number of rotatable bonds is 7. The number of carbonyl (C=O) groups excluding carboxylic acids is 1. The molecule has 0 aliphatic rings. The minimum absolute atomic E-state index is 0.209. The predicted octanol–water partition coefficient (Wildman–Crippen LogP) is 2.07. The normalized spacial score (nSPS) is 11.6. The molecule has 0 spiro atoms. The van der Waals surface area contributed by atoms with E-state index in [0.29, 0.717) is 0 Å². The molecule has 1 rings (SSSR count). The van der Waals surface area contributed by atoms with Crippen LogP contribution >= 0.6 is 0 Å². The van der Waals surface area contributed by atoms with Crippen molar-refractivity contribution in [3.63, 3.8) is 0 Å². The number of hydrogen-bond acceptors (Lipinski definition) is 3. The van der Waals surface area contributed by atoms with Gasteiger partial charge in [-0.2, -0.15) is 0 Å². The van der Waals surface area contributed by atoms with Gasteiger partial charge in [0.1, 0.15) is 11.6 Å². The van der Waals surface area contributed by atoms with Gasteiger partial charge in [0.2, 0.25) is 0 Å². The van der Waals surface area contributed by atoms with Crippen LogP contribution in [0.15, 0.2) is 24.3 Å². The van der Waals surface area contributed by atoms with E-state index in [0.717, 1.165) is 4.90 Å². The molecule has 1 aromatic carbocycles. The molecule has 0 unspecified atom stereocenters. The van der Waals surface area contributed by atoms with Crippen LogP contribution in [-0.4, -0.2) is 47.6 Å². The van der Waals surface area contributed by atoms with Gasteiger partial charge in [0.05, 0.1) is 13.2 Å². The number of amides is 1. The summed E-state index contributed by atoms with van der Waals surface area (Å²) in [5.41, 5.74) is -1.41. The molecule has 0 heterocycles. The average Bonchev–Trinajstić information content (AvgIpc) is 2.39. The summed E-state index contributed by atoms with van der Waals surface area (Å²) in [5.74, 6) is -0.886. The van der Waals surface area contributed by atoms with Crippen LogP contribution in [0, 0.1) is 5.82 Å².